The van der Waals surface area contributed by atoms with E-state index in [1.165, 1.54) is 11.1 Å². The van der Waals surface area contributed by atoms with Crippen molar-refractivity contribution in [1.82, 2.24) is 5.32 Å². The molecule has 0 aliphatic heterocycles. The second-order valence-electron chi connectivity index (χ2n) is 4.63. The molecule has 0 heterocycles. The van der Waals surface area contributed by atoms with E-state index in [4.69, 9.17) is 10.5 Å². The Bertz CT molecular complexity index is 549. The van der Waals surface area contributed by atoms with Crippen molar-refractivity contribution in [3.05, 3.63) is 59.2 Å². The minimum absolute atomic E-state index is 0.0930. The second kappa shape index (κ2) is 5.76. The van der Waals surface area contributed by atoms with Gasteiger partial charge in [0.15, 0.2) is 0 Å². The van der Waals surface area contributed by atoms with E-state index >= 15 is 0 Å². The number of ether oxygens (including phenoxy) is 1. The van der Waals surface area contributed by atoms with Crippen LogP contribution < -0.4 is 15.8 Å². The summed E-state index contributed by atoms with van der Waals surface area (Å²) < 4.78 is 5.46. The van der Waals surface area contributed by atoms with Crippen LogP contribution in [-0.2, 0) is 0 Å². The molecule has 0 amide bonds. The zero-order chi connectivity index (χ0) is 13.8. The predicted octanol–water partition coefficient (Wildman–Crippen LogP) is 2.89. The van der Waals surface area contributed by atoms with Crippen molar-refractivity contribution in [1.29, 1.82) is 0 Å². The molecule has 2 rings (SSSR count). The van der Waals surface area contributed by atoms with E-state index in [2.05, 4.69) is 24.4 Å². The fourth-order valence-corrected chi connectivity index (χ4v) is 2.27. The summed E-state index contributed by atoms with van der Waals surface area (Å²) in [5.74, 6) is 0.891. The lowest BCUT2D eigenvalue weighted by atomic mass is 9.96. The molecule has 0 aromatic heterocycles. The molecule has 0 bridgehead atoms. The molecule has 0 spiro atoms. The molecule has 2 aromatic rings. The Labute approximate surface area is 114 Å². The van der Waals surface area contributed by atoms with Crippen LogP contribution in [0.4, 0.5) is 5.69 Å². The molecule has 0 saturated heterocycles. The number of rotatable bonds is 4. The molecule has 1 atom stereocenters. The largest absolute Gasteiger partial charge is 0.496 e. The highest BCUT2D eigenvalue weighted by molar-refractivity contribution is 5.46. The summed E-state index contributed by atoms with van der Waals surface area (Å²) in [6.07, 6.45) is 0. The summed E-state index contributed by atoms with van der Waals surface area (Å²) >= 11 is 0. The highest BCUT2D eigenvalue weighted by Gasteiger charge is 2.16. The summed E-state index contributed by atoms with van der Waals surface area (Å²) in [6, 6.07) is 14.2. The van der Waals surface area contributed by atoms with Crippen molar-refractivity contribution >= 4 is 5.69 Å². The number of hydrogen-bond donors (Lipinski definition) is 2. The molecule has 0 radical (unpaired) electrons. The van der Waals surface area contributed by atoms with Gasteiger partial charge in [-0.15, -0.1) is 0 Å². The van der Waals surface area contributed by atoms with Crippen molar-refractivity contribution in [3.8, 4) is 5.75 Å². The zero-order valence-corrected chi connectivity index (χ0v) is 11.6. The van der Waals surface area contributed by atoms with E-state index in [0.717, 1.165) is 17.0 Å². The number of anilines is 1. The van der Waals surface area contributed by atoms with Crippen LogP contribution >= 0.6 is 0 Å². The van der Waals surface area contributed by atoms with Crippen molar-refractivity contribution < 1.29 is 4.74 Å². The minimum atomic E-state index is 0.0930. The minimum Gasteiger partial charge on any atom is -0.496 e. The van der Waals surface area contributed by atoms with Crippen molar-refractivity contribution in [2.24, 2.45) is 0 Å². The van der Waals surface area contributed by atoms with Crippen molar-refractivity contribution in [2.75, 3.05) is 19.9 Å². The molecule has 3 heteroatoms. The first kappa shape index (κ1) is 13.4. The Balaban J connectivity index is 2.47. The number of nitrogens with one attached hydrogen (secondary N) is 1. The fourth-order valence-electron chi connectivity index (χ4n) is 2.27. The molecular formula is C16H20N2O. The Kier molecular flexibility index (Phi) is 4.07. The van der Waals surface area contributed by atoms with Gasteiger partial charge in [0.25, 0.3) is 0 Å². The normalized spacial score (nSPS) is 12.2. The monoisotopic (exact) mass is 256 g/mol. The zero-order valence-electron chi connectivity index (χ0n) is 11.6. The topological polar surface area (TPSA) is 47.3 Å². The smallest absolute Gasteiger partial charge is 0.123 e. The van der Waals surface area contributed by atoms with Gasteiger partial charge in [0.2, 0.25) is 0 Å². The molecule has 3 nitrogen and oxygen atoms in total. The van der Waals surface area contributed by atoms with Crippen molar-refractivity contribution in [3.63, 3.8) is 0 Å². The van der Waals surface area contributed by atoms with E-state index in [9.17, 15) is 0 Å². The molecule has 100 valence electrons. The number of hydrogen-bond acceptors (Lipinski definition) is 3. The van der Waals surface area contributed by atoms with Gasteiger partial charge in [-0.2, -0.15) is 0 Å². The Morgan fingerprint density at radius 1 is 1.11 bits per heavy atom. The first-order valence-corrected chi connectivity index (χ1v) is 6.33. The maximum absolute atomic E-state index is 5.74. The third kappa shape index (κ3) is 2.88. The lowest BCUT2D eigenvalue weighted by Gasteiger charge is -2.20. The Morgan fingerprint density at radius 2 is 1.79 bits per heavy atom. The van der Waals surface area contributed by atoms with Crippen LogP contribution in [0.5, 0.6) is 5.75 Å². The number of aryl methyl sites for hydroxylation is 1. The van der Waals surface area contributed by atoms with Gasteiger partial charge in [-0.1, -0.05) is 29.8 Å². The van der Waals surface area contributed by atoms with Gasteiger partial charge in [0.05, 0.1) is 13.2 Å². The maximum Gasteiger partial charge on any atom is 0.123 e. The molecule has 19 heavy (non-hydrogen) atoms. The number of methoxy groups -OCH3 is 1. The third-order valence-electron chi connectivity index (χ3n) is 3.25. The fraction of sp³-hybridized carbons (Fsp3) is 0.250. The van der Waals surface area contributed by atoms with E-state index in [1.807, 2.05) is 37.4 Å². The predicted molar refractivity (Wildman–Crippen MR) is 79.5 cm³/mol. The first-order valence-electron chi connectivity index (χ1n) is 6.33. The van der Waals surface area contributed by atoms with Crippen molar-refractivity contribution in [2.45, 2.75) is 13.0 Å². The third-order valence-corrected chi connectivity index (χ3v) is 3.25. The highest BCUT2D eigenvalue weighted by atomic mass is 16.5. The SMILES string of the molecule is CNC(c1ccc(N)cc1)c1cc(C)ccc1OC. The van der Waals surface area contributed by atoms with Gasteiger partial charge < -0.3 is 15.8 Å². The van der Waals surface area contributed by atoms with Crippen LogP contribution in [-0.4, -0.2) is 14.2 Å². The molecule has 2 aromatic carbocycles. The van der Waals surface area contributed by atoms with Crippen LogP contribution in [0.2, 0.25) is 0 Å². The summed E-state index contributed by atoms with van der Waals surface area (Å²) in [7, 11) is 3.65. The Hall–Kier alpha value is -2.00. The average molecular weight is 256 g/mol. The van der Waals surface area contributed by atoms with E-state index in [1.54, 1.807) is 7.11 Å². The van der Waals surface area contributed by atoms with E-state index < -0.39 is 0 Å². The summed E-state index contributed by atoms with van der Waals surface area (Å²) in [6.45, 7) is 2.08. The number of nitrogens with two attached hydrogens (primary N) is 1. The molecule has 0 aliphatic rings. The van der Waals surface area contributed by atoms with E-state index in [0.29, 0.717) is 0 Å². The number of benzene rings is 2. The molecule has 0 aliphatic carbocycles. The van der Waals surface area contributed by atoms with Gasteiger partial charge in [-0.05, 0) is 37.7 Å². The average Bonchev–Trinajstić information content (AvgIpc) is 2.42. The molecule has 3 N–H and O–H groups in total. The van der Waals surface area contributed by atoms with Gasteiger partial charge in [-0.3, -0.25) is 0 Å². The van der Waals surface area contributed by atoms with Crippen LogP contribution in [0, 0.1) is 6.92 Å². The standard InChI is InChI=1S/C16H20N2O/c1-11-4-9-15(19-3)14(10-11)16(18-2)12-5-7-13(17)8-6-12/h4-10,16,18H,17H2,1-3H3. The quantitative estimate of drug-likeness (QED) is 0.827. The number of nitrogen functional groups attached to an aromatic ring is 1. The second-order valence-corrected chi connectivity index (χ2v) is 4.63. The molecule has 1 unspecified atom stereocenters. The lowest BCUT2D eigenvalue weighted by molar-refractivity contribution is 0.405. The van der Waals surface area contributed by atoms with Gasteiger partial charge >= 0.3 is 0 Å². The van der Waals surface area contributed by atoms with E-state index in [-0.39, 0.29) is 6.04 Å². The van der Waals surface area contributed by atoms with Crippen LogP contribution in [0.25, 0.3) is 0 Å². The maximum atomic E-state index is 5.74. The van der Waals surface area contributed by atoms with Crippen LogP contribution in [0.1, 0.15) is 22.7 Å². The summed E-state index contributed by atoms with van der Waals surface area (Å²) in [5, 5.41) is 3.34. The van der Waals surface area contributed by atoms with Crippen LogP contribution in [0.15, 0.2) is 42.5 Å². The lowest BCUT2D eigenvalue weighted by Crippen LogP contribution is -2.18. The first-order chi connectivity index (χ1) is 9.15. The summed E-state index contributed by atoms with van der Waals surface area (Å²) in [4.78, 5) is 0. The molecule has 0 fully saturated rings. The Morgan fingerprint density at radius 3 is 2.37 bits per heavy atom. The van der Waals surface area contributed by atoms with Crippen LogP contribution in [0.3, 0.4) is 0 Å². The molecular weight excluding hydrogens is 236 g/mol. The van der Waals surface area contributed by atoms with Gasteiger partial charge in [0, 0.05) is 11.3 Å². The highest BCUT2D eigenvalue weighted by Crippen LogP contribution is 2.30. The van der Waals surface area contributed by atoms with Gasteiger partial charge in [0.1, 0.15) is 5.75 Å². The molecule has 0 saturated carbocycles. The van der Waals surface area contributed by atoms with Gasteiger partial charge in [-0.25, -0.2) is 0 Å². The summed E-state index contributed by atoms with van der Waals surface area (Å²) in [5.41, 5.74) is 10.0.